The van der Waals surface area contributed by atoms with Gasteiger partial charge in [0.15, 0.2) is 0 Å². The first kappa shape index (κ1) is 24.7. The van der Waals surface area contributed by atoms with Crippen molar-refractivity contribution in [3.8, 4) is 11.4 Å². The molecule has 15 heteroatoms. The van der Waals surface area contributed by atoms with Gasteiger partial charge in [-0.05, 0) is 43.3 Å². The molecule has 0 fully saturated rings. The van der Waals surface area contributed by atoms with Gasteiger partial charge in [0.25, 0.3) is 7.52 Å². The van der Waals surface area contributed by atoms with Crippen molar-refractivity contribution < 1.29 is 40.0 Å². The molecule has 0 aliphatic rings. The van der Waals surface area contributed by atoms with E-state index in [2.05, 4.69) is 24.7 Å². The number of alkyl halides is 6. The van der Waals surface area contributed by atoms with Gasteiger partial charge >= 0.3 is 18.2 Å². The van der Waals surface area contributed by atoms with Crippen LogP contribution in [-0.4, -0.2) is 26.1 Å². The third-order valence-electron chi connectivity index (χ3n) is 4.66. The predicted octanol–water partition coefficient (Wildman–Crippen LogP) is 6.26. The second-order valence-electron chi connectivity index (χ2n) is 7.27. The van der Waals surface area contributed by atoms with Gasteiger partial charge in [-0.1, -0.05) is 5.16 Å². The van der Waals surface area contributed by atoms with Crippen LogP contribution in [0.4, 0.5) is 32.0 Å². The van der Waals surface area contributed by atoms with Crippen LogP contribution in [0.15, 0.2) is 53.3 Å². The van der Waals surface area contributed by atoms with E-state index in [0.29, 0.717) is 11.3 Å². The molecule has 0 aliphatic heterocycles. The minimum atomic E-state index is -4.78. The Morgan fingerprint density at radius 1 is 1.06 bits per heavy atom. The first-order chi connectivity index (χ1) is 16.4. The van der Waals surface area contributed by atoms with Gasteiger partial charge in [0, 0.05) is 23.6 Å². The highest BCUT2D eigenvalue weighted by Crippen LogP contribution is 2.50. The second kappa shape index (κ2) is 9.00. The summed E-state index contributed by atoms with van der Waals surface area (Å²) in [5.41, 5.74) is 0.133. The van der Waals surface area contributed by atoms with Crippen LogP contribution in [0.1, 0.15) is 24.1 Å². The number of imidazole rings is 1. The van der Waals surface area contributed by atoms with E-state index < -0.39 is 31.3 Å². The van der Waals surface area contributed by atoms with E-state index in [4.69, 9.17) is 4.52 Å². The van der Waals surface area contributed by atoms with E-state index in [1.54, 1.807) is 6.92 Å². The first-order valence-corrected chi connectivity index (χ1v) is 11.8. The summed E-state index contributed by atoms with van der Waals surface area (Å²) in [5.74, 6) is -1.77. The number of anilines is 1. The average molecular weight is 519 g/mol. The number of aromatic nitrogens is 4. The van der Waals surface area contributed by atoms with Crippen molar-refractivity contribution in [2.75, 3.05) is 11.7 Å². The molecule has 0 bridgehead atoms. The zero-order valence-corrected chi connectivity index (χ0v) is 18.7. The fraction of sp³-hybridized carbons (Fsp3) is 0.250. The number of nitrogens with one attached hydrogen (secondary N) is 1. The molecule has 35 heavy (non-hydrogen) atoms. The van der Waals surface area contributed by atoms with E-state index in [1.807, 2.05) is 0 Å². The topological polar surface area (TPSA) is 94.5 Å². The van der Waals surface area contributed by atoms with Crippen molar-refractivity contribution in [1.29, 1.82) is 0 Å². The van der Waals surface area contributed by atoms with Crippen LogP contribution >= 0.6 is 7.52 Å². The van der Waals surface area contributed by atoms with Gasteiger partial charge in [0.1, 0.15) is 5.65 Å². The Hall–Kier alpha value is -3.38. The maximum Gasteiger partial charge on any atom is 0.471 e. The SMILES string of the molecule is CCOP(=O)(Cc1cn2ccc(-c3noc(C(F)(F)F)n3)cc2n1)Nc1ccc(C(F)(F)F)cc1. The monoisotopic (exact) mass is 519 g/mol. The average Bonchev–Trinajstić information content (AvgIpc) is 3.39. The van der Waals surface area contributed by atoms with E-state index in [1.165, 1.54) is 28.9 Å². The molecular formula is C20H16F6N5O3P. The van der Waals surface area contributed by atoms with Crippen LogP contribution < -0.4 is 5.09 Å². The maximum atomic E-state index is 13.4. The van der Waals surface area contributed by atoms with E-state index in [0.717, 1.165) is 24.3 Å². The van der Waals surface area contributed by atoms with Crippen LogP contribution in [0.2, 0.25) is 0 Å². The zero-order valence-electron chi connectivity index (χ0n) is 17.8. The molecule has 0 saturated carbocycles. The first-order valence-electron chi connectivity index (χ1n) is 9.94. The number of nitrogens with zero attached hydrogens (tertiary/aromatic N) is 4. The third-order valence-corrected chi connectivity index (χ3v) is 6.67. The van der Waals surface area contributed by atoms with Gasteiger partial charge in [0.2, 0.25) is 5.82 Å². The molecule has 1 unspecified atom stereocenters. The molecule has 0 saturated heterocycles. The number of halogens is 6. The number of rotatable bonds is 7. The summed E-state index contributed by atoms with van der Waals surface area (Å²) in [5, 5.41) is 5.99. The normalized spacial score (nSPS) is 14.3. The summed E-state index contributed by atoms with van der Waals surface area (Å²) < 4.78 is 101. The van der Waals surface area contributed by atoms with Gasteiger partial charge in [-0.2, -0.15) is 31.3 Å². The van der Waals surface area contributed by atoms with Crippen LogP contribution in [0, 0.1) is 0 Å². The van der Waals surface area contributed by atoms with Crippen LogP contribution in [0.3, 0.4) is 0 Å². The Bertz CT molecular complexity index is 1380. The molecule has 4 aromatic rings. The molecule has 1 N–H and O–H groups in total. The molecule has 0 amide bonds. The largest absolute Gasteiger partial charge is 0.471 e. The van der Waals surface area contributed by atoms with Gasteiger partial charge in [-0.25, -0.2) is 4.98 Å². The molecule has 3 aromatic heterocycles. The summed E-state index contributed by atoms with van der Waals surface area (Å²) in [4.78, 5) is 7.66. The molecule has 186 valence electrons. The lowest BCUT2D eigenvalue weighted by molar-refractivity contribution is -0.159. The highest BCUT2D eigenvalue weighted by Gasteiger charge is 2.38. The zero-order chi connectivity index (χ0) is 25.4. The van der Waals surface area contributed by atoms with Gasteiger partial charge < -0.3 is 18.5 Å². The van der Waals surface area contributed by atoms with Gasteiger partial charge in [0.05, 0.1) is 24.0 Å². The highest BCUT2D eigenvalue weighted by molar-refractivity contribution is 7.59. The maximum absolute atomic E-state index is 13.4. The second-order valence-corrected chi connectivity index (χ2v) is 9.42. The number of pyridine rings is 1. The minimum Gasteiger partial charge on any atom is -0.329 e. The number of hydrogen-bond donors (Lipinski definition) is 1. The van der Waals surface area contributed by atoms with Gasteiger partial charge in [-0.3, -0.25) is 4.57 Å². The highest BCUT2D eigenvalue weighted by atomic mass is 31.2. The number of fused-ring (bicyclic) bond motifs is 1. The van der Waals surface area contributed by atoms with Crippen molar-refractivity contribution in [2.24, 2.45) is 0 Å². The number of benzene rings is 1. The Morgan fingerprint density at radius 3 is 2.37 bits per heavy atom. The molecule has 0 spiro atoms. The molecule has 1 atom stereocenters. The summed E-state index contributed by atoms with van der Waals surface area (Å²) in [6.07, 6.45) is -6.46. The molecule has 8 nitrogen and oxygen atoms in total. The van der Waals surface area contributed by atoms with E-state index >= 15 is 0 Å². The Labute approximate surface area is 193 Å². The van der Waals surface area contributed by atoms with Crippen LogP contribution in [0.25, 0.3) is 17.0 Å². The summed E-state index contributed by atoms with van der Waals surface area (Å²) in [6.45, 7) is 1.67. The Kier molecular flexibility index (Phi) is 6.36. The molecule has 1 aromatic carbocycles. The summed E-state index contributed by atoms with van der Waals surface area (Å²) >= 11 is 0. The van der Waals surface area contributed by atoms with E-state index in [-0.39, 0.29) is 29.8 Å². The molecule has 0 radical (unpaired) electrons. The third kappa shape index (κ3) is 5.65. The Balaban J connectivity index is 1.56. The van der Waals surface area contributed by atoms with Crippen molar-refractivity contribution in [1.82, 2.24) is 19.5 Å². The molecular weight excluding hydrogens is 503 g/mol. The molecule has 3 heterocycles. The van der Waals surface area contributed by atoms with Crippen molar-refractivity contribution in [2.45, 2.75) is 25.4 Å². The molecule has 4 rings (SSSR count). The quantitative estimate of drug-likeness (QED) is 0.227. The smallest absolute Gasteiger partial charge is 0.329 e. The Morgan fingerprint density at radius 2 is 1.77 bits per heavy atom. The standard InChI is InChI=1S/C20H16F6N5O3P/c1-2-33-35(32,30-14-5-3-13(4-6-14)19(21,22)23)11-15-10-31-8-7-12(9-16(31)27-15)17-28-18(34-29-17)20(24,25)26/h3-10H,2,11H2,1H3,(H,30,32). The fourth-order valence-corrected chi connectivity index (χ4v) is 4.95. The fourth-order valence-electron chi connectivity index (χ4n) is 3.18. The summed E-state index contributed by atoms with van der Waals surface area (Å²) in [7, 11) is -3.63. The molecule has 0 aliphatic carbocycles. The lowest BCUT2D eigenvalue weighted by Gasteiger charge is -2.19. The van der Waals surface area contributed by atoms with Crippen molar-refractivity contribution in [3.63, 3.8) is 0 Å². The minimum absolute atomic E-state index is 0.0573. The van der Waals surface area contributed by atoms with Crippen LogP contribution in [-0.2, 0) is 27.6 Å². The van der Waals surface area contributed by atoms with Gasteiger partial charge in [-0.15, -0.1) is 0 Å². The summed E-state index contributed by atoms with van der Waals surface area (Å²) in [6, 6.07) is 6.87. The van der Waals surface area contributed by atoms with Crippen LogP contribution in [0.5, 0.6) is 0 Å². The predicted molar refractivity (Wildman–Crippen MR) is 111 cm³/mol. The lowest BCUT2D eigenvalue weighted by Crippen LogP contribution is -2.06. The van der Waals surface area contributed by atoms with E-state index in [9.17, 15) is 30.9 Å². The van der Waals surface area contributed by atoms with Crippen molar-refractivity contribution >= 4 is 18.9 Å². The van der Waals surface area contributed by atoms with Crippen molar-refractivity contribution in [3.05, 3.63) is 65.9 Å². The number of hydrogen-bond acceptors (Lipinski definition) is 6. The lowest BCUT2D eigenvalue weighted by atomic mass is 10.2.